The third-order valence-corrected chi connectivity index (χ3v) is 7.41. The van der Waals surface area contributed by atoms with E-state index in [1.807, 2.05) is 0 Å². The van der Waals surface area contributed by atoms with E-state index in [2.05, 4.69) is 36.3 Å². The Morgan fingerprint density at radius 3 is 1.50 bits per heavy atom. The fourth-order valence-corrected chi connectivity index (χ4v) is 4.63. The normalized spacial score (nSPS) is 14.0. The van der Waals surface area contributed by atoms with Crippen LogP contribution in [0.15, 0.2) is 12.2 Å². The molecular weight excluding hydrogens is 498 g/mol. The number of primary amides is 1. The van der Waals surface area contributed by atoms with Crippen LogP contribution in [-0.2, 0) is 14.9 Å². The van der Waals surface area contributed by atoms with Crippen LogP contribution in [0.1, 0.15) is 136 Å². The highest BCUT2D eigenvalue weighted by atomic mass is 32.2. The maximum atomic E-state index is 10.6. The molecule has 0 aliphatic carbocycles. The van der Waals surface area contributed by atoms with Crippen molar-refractivity contribution in [3.05, 3.63) is 12.2 Å². The highest BCUT2D eigenvalue weighted by molar-refractivity contribution is 7.85. The lowest BCUT2D eigenvalue weighted by Gasteiger charge is -2.21. The van der Waals surface area contributed by atoms with E-state index in [9.17, 15) is 13.2 Å². The average Bonchev–Trinajstić information content (AvgIpc) is 2.86. The van der Waals surface area contributed by atoms with Gasteiger partial charge in [-0.3, -0.25) is 9.35 Å². The second-order valence-corrected chi connectivity index (χ2v) is 12.1. The van der Waals surface area contributed by atoms with Crippen LogP contribution in [-0.4, -0.2) is 62.8 Å². The summed E-state index contributed by atoms with van der Waals surface area (Å²) >= 11 is 0. The maximum absolute atomic E-state index is 10.6. The Bertz CT molecular complexity index is 621. The van der Waals surface area contributed by atoms with Crippen LogP contribution >= 0.6 is 0 Å². The Morgan fingerprint density at radius 2 is 1.18 bits per heavy atom. The first-order valence-corrected chi connectivity index (χ1v) is 17.1. The van der Waals surface area contributed by atoms with Crippen molar-refractivity contribution in [3.8, 4) is 0 Å². The van der Waals surface area contributed by atoms with Crippen LogP contribution < -0.4 is 11.1 Å². The molecule has 0 bridgehead atoms. The molecule has 0 aromatic heterocycles. The molecule has 1 saturated heterocycles. The Morgan fingerprint density at radius 1 is 0.763 bits per heavy atom. The minimum Gasteiger partial charge on any atom is -0.370 e. The van der Waals surface area contributed by atoms with Crippen molar-refractivity contribution in [2.45, 2.75) is 136 Å². The molecule has 0 unspecified atom stereocenters. The lowest BCUT2D eigenvalue weighted by molar-refractivity contribution is -0.118. The van der Waals surface area contributed by atoms with Crippen molar-refractivity contribution in [1.82, 2.24) is 10.2 Å². The molecule has 228 valence electrons. The first-order chi connectivity index (χ1) is 18.2. The SMILES string of the molecule is CCCCCCCC/C=C\CCCCCCCCCCCC(N)=O.CCCS(=O)(=O)O.CN1CCNCC1. The summed E-state index contributed by atoms with van der Waals surface area (Å²) in [7, 11) is -1.52. The molecule has 0 atom stereocenters. The lowest BCUT2D eigenvalue weighted by atomic mass is 10.1. The number of allylic oxidation sites excluding steroid dienone is 2. The average molecular weight is 562 g/mol. The second kappa shape index (κ2) is 30.6. The Balaban J connectivity index is 0. The number of rotatable bonds is 21. The molecule has 0 spiro atoms. The number of likely N-dealkylation sites (N-methyl/N-ethyl adjacent to an activating group) is 1. The molecule has 0 radical (unpaired) electrons. The first-order valence-electron chi connectivity index (χ1n) is 15.5. The van der Waals surface area contributed by atoms with Crippen LogP contribution in [0.25, 0.3) is 0 Å². The van der Waals surface area contributed by atoms with E-state index in [1.165, 1.54) is 109 Å². The number of carbonyl (C=O) groups is 1. The third-order valence-electron chi connectivity index (χ3n) is 6.49. The van der Waals surface area contributed by atoms with Crippen LogP contribution in [0.3, 0.4) is 0 Å². The zero-order valence-corrected chi connectivity index (χ0v) is 26.0. The van der Waals surface area contributed by atoms with E-state index in [0.29, 0.717) is 12.8 Å². The zero-order chi connectivity index (χ0) is 28.7. The van der Waals surface area contributed by atoms with Gasteiger partial charge in [-0.2, -0.15) is 8.42 Å². The van der Waals surface area contributed by atoms with Gasteiger partial charge in [-0.05, 0) is 45.6 Å². The number of hydrogen-bond donors (Lipinski definition) is 3. The molecular formula is C30H63N3O4S. The van der Waals surface area contributed by atoms with Gasteiger partial charge < -0.3 is 16.0 Å². The van der Waals surface area contributed by atoms with Gasteiger partial charge in [-0.15, -0.1) is 0 Å². The largest absolute Gasteiger partial charge is 0.370 e. The van der Waals surface area contributed by atoms with E-state index in [0.717, 1.165) is 25.9 Å². The Kier molecular flexibility index (Phi) is 31.5. The first kappa shape index (κ1) is 39.2. The molecule has 4 N–H and O–H groups in total. The van der Waals surface area contributed by atoms with Gasteiger partial charge in [-0.1, -0.05) is 103 Å². The van der Waals surface area contributed by atoms with Crippen molar-refractivity contribution in [3.63, 3.8) is 0 Å². The minimum atomic E-state index is -3.67. The summed E-state index contributed by atoms with van der Waals surface area (Å²) in [6.07, 6.45) is 28.3. The number of piperazine rings is 1. The van der Waals surface area contributed by atoms with E-state index >= 15 is 0 Å². The minimum absolute atomic E-state index is 0.132. The van der Waals surface area contributed by atoms with E-state index < -0.39 is 10.1 Å². The summed E-state index contributed by atoms with van der Waals surface area (Å²) in [5, 5.41) is 3.27. The standard InChI is InChI=1S/C22H43NO.C5H12N2.C3H8O3S/c1-2-3-4-5-6-7-8-9-10-11-12-13-14-15-16-17-18-19-20-21-22(23)24;1-7-4-2-6-3-5-7;1-2-3-7(4,5)6/h9-10H,2-8,11-21H2,1H3,(H2,23,24);6H,2-5H2,1H3;2-3H2,1H3,(H,4,5,6)/b10-9-;;. The molecule has 1 rings (SSSR count). The van der Waals surface area contributed by atoms with Gasteiger partial charge in [0.2, 0.25) is 5.91 Å². The van der Waals surface area contributed by atoms with E-state index in [-0.39, 0.29) is 11.7 Å². The fraction of sp³-hybridized carbons (Fsp3) is 0.900. The number of hydrogen-bond acceptors (Lipinski definition) is 5. The van der Waals surface area contributed by atoms with Crippen LogP contribution in [0.2, 0.25) is 0 Å². The predicted octanol–water partition coefficient (Wildman–Crippen LogP) is 6.88. The topological polar surface area (TPSA) is 113 Å². The summed E-state index contributed by atoms with van der Waals surface area (Å²) in [5.74, 6) is -0.288. The number of nitrogens with one attached hydrogen (secondary N) is 1. The summed E-state index contributed by atoms with van der Waals surface area (Å²) in [4.78, 5) is 12.9. The molecule has 38 heavy (non-hydrogen) atoms. The van der Waals surface area contributed by atoms with E-state index in [4.69, 9.17) is 10.3 Å². The molecule has 1 heterocycles. The van der Waals surface area contributed by atoms with Crippen LogP contribution in [0.4, 0.5) is 0 Å². The summed E-state index contributed by atoms with van der Waals surface area (Å²) in [6, 6.07) is 0. The second-order valence-electron chi connectivity index (χ2n) is 10.6. The number of amides is 1. The molecule has 0 aromatic rings. The smallest absolute Gasteiger partial charge is 0.264 e. The Hall–Kier alpha value is -0.960. The number of carbonyl (C=O) groups excluding carboxylic acids is 1. The molecule has 1 amide bonds. The fourth-order valence-electron chi connectivity index (χ4n) is 4.11. The van der Waals surface area contributed by atoms with Gasteiger partial charge in [0.1, 0.15) is 0 Å². The quantitative estimate of drug-likeness (QED) is 0.0800. The third kappa shape index (κ3) is 39.6. The van der Waals surface area contributed by atoms with Crippen LogP contribution in [0.5, 0.6) is 0 Å². The van der Waals surface area contributed by atoms with Gasteiger partial charge in [-0.25, -0.2) is 0 Å². The van der Waals surface area contributed by atoms with Crippen molar-refractivity contribution < 1.29 is 17.8 Å². The number of unbranched alkanes of at least 4 members (excludes halogenated alkanes) is 15. The monoisotopic (exact) mass is 561 g/mol. The molecule has 7 nitrogen and oxygen atoms in total. The van der Waals surface area contributed by atoms with Gasteiger partial charge >= 0.3 is 0 Å². The van der Waals surface area contributed by atoms with Crippen molar-refractivity contribution in [2.24, 2.45) is 5.73 Å². The van der Waals surface area contributed by atoms with Gasteiger partial charge in [0.25, 0.3) is 10.1 Å². The summed E-state index contributed by atoms with van der Waals surface area (Å²) in [5.41, 5.74) is 5.13. The lowest BCUT2D eigenvalue weighted by Crippen LogP contribution is -2.40. The molecule has 0 aromatic carbocycles. The van der Waals surface area contributed by atoms with Crippen LogP contribution in [0, 0.1) is 0 Å². The van der Waals surface area contributed by atoms with Crippen molar-refractivity contribution in [1.29, 1.82) is 0 Å². The summed E-state index contributed by atoms with van der Waals surface area (Å²) < 4.78 is 27.6. The number of nitrogens with zero attached hydrogens (tertiary/aromatic N) is 1. The predicted molar refractivity (Wildman–Crippen MR) is 164 cm³/mol. The Labute approximate surface area is 236 Å². The number of nitrogens with two attached hydrogens (primary N) is 1. The molecule has 0 saturated carbocycles. The molecule has 8 heteroatoms. The van der Waals surface area contributed by atoms with E-state index in [1.54, 1.807) is 6.92 Å². The van der Waals surface area contributed by atoms with Gasteiger partial charge in [0.15, 0.2) is 0 Å². The highest BCUT2D eigenvalue weighted by Gasteiger charge is 2.01. The van der Waals surface area contributed by atoms with Gasteiger partial charge in [0.05, 0.1) is 5.75 Å². The highest BCUT2D eigenvalue weighted by Crippen LogP contribution is 2.12. The molecule has 1 aliphatic rings. The molecule has 1 fully saturated rings. The summed E-state index contributed by atoms with van der Waals surface area (Å²) in [6.45, 7) is 8.71. The zero-order valence-electron chi connectivity index (χ0n) is 25.2. The van der Waals surface area contributed by atoms with Crippen molar-refractivity contribution in [2.75, 3.05) is 39.0 Å². The maximum Gasteiger partial charge on any atom is 0.264 e. The van der Waals surface area contributed by atoms with Crippen molar-refractivity contribution >= 4 is 16.0 Å². The molecule has 1 aliphatic heterocycles. The van der Waals surface area contributed by atoms with Gasteiger partial charge in [0, 0.05) is 32.6 Å².